The van der Waals surface area contributed by atoms with Gasteiger partial charge >= 0.3 is 5.97 Å². The van der Waals surface area contributed by atoms with Gasteiger partial charge in [-0.2, -0.15) is 0 Å². The summed E-state index contributed by atoms with van der Waals surface area (Å²) >= 11 is 1.20. The Balaban J connectivity index is 1.58. The quantitative estimate of drug-likeness (QED) is 0.126. The molecule has 0 amide bonds. The van der Waals surface area contributed by atoms with E-state index in [1.165, 1.54) is 35.1 Å². The molecule has 1 aromatic heterocycles. The summed E-state index contributed by atoms with van der Waals surface area (Å²) in [6.07, 6.45) is 1.64. The molecule has 1 aliphatic rings. The summed E-state index contributed by atoms with van der Waals surface area (Å²) < 4.78 is 24.9. The first-order chi connectivity index (χ1) is 22.1. The standard InChI is InChI=1S/C34H33N3O8S/c1-6-43-33(39)30-21(4)35-34-36(31(30)24-13-16-27(45-20(2)3)28(17-24)42-5)32(38)29(46-34)18-23-9-7-8-10-26(23)44-19-22-11-14-25(15-12-22)37(40)41/h7-18,20,31H,6,19H2,1-5H3/b29-18-/t31-/m1/s1. The molecule has 0 spiro atoms. The van der Waals surface area contributed by atoms with Crippen LogP contribution < -0.4 is 29.1 Å². The highest BCUT2D eigenvalue weighted by Gasteiger charge is 2.34. The van der Waals surface area contributed by atoms with Crippen LogP contribution in [0.4, 0.5) is 5.69 Å². The van der Waals surface area contributed by atoms with Crippen LogP contribution in [0.2, 0.25) is 0 Å². The highest BCUT2D eigenvalue weighted by atomic mass is 32.1. The Morgan fingerprint density at radius 2 is 1.83 bits per heavy atom. The number of hydrogen-bond donors (Lipinski definition) is 0. The van der Waals surface area contributed by atoms with Gasteiger partial charge in [0.1, 0.15) is 12.4 Å². The van der Waals surface area contributed by atoms with Crippen molar-refractivity contribution in [3.63, 3.8) is 0 Å². The topological polar surface area (TPSA) is 131 Å². The highest BCUT2D eigenvalue weighted by molar-refractivity contribution is 7.07. The van der Waals surface area contributed by atoms with Crippen molar-refractivity contribution in [1.29, 1.82) is 0 Å². The number of nitro benzene ring substituents is 1. The van der Waals surface area contributed by atoms with E-state index in [-0.39, 0.29) is 36.1 Å². The first-order valence-electron chi connectivity index (χ1n) is 14.6. The van der Waals surface area contributed by atoms with Gasteiger partial charge in [-0.15, -0.1) is 0 Å². The second-order valence-electron chi connectivity index (χ2n) is 10.6. The molecule has 12 heteroatoms. The number of benzene rings is 3. The third-order valence-electron chi connectivity index (χ3n) is 7.13. The lowest BCUT2D eigenvalue weighted by molar-refractivity contribution is -0.384. The number of allylic oxidation sites excluding steroid dienone is 1. The van der Waals surface area contributed by atoms with Crippen LogP contribution in [0.15, 0.2) is 87.8 Å². The first kappa shape index (κ1) is 32.2. The predicted octanol–water partition coefficient (Wildman–Crippen LogP) is 5.08. The number of rotatable bonds is 11. The van der Waals surface area contributed by atoms with Crippen LogP contribution in [-0.2, 0) is 16.1 Å². The van der Waals surface area contributed by atoms with E-state index in [0.29, 0.717) is 43.4 Å². The minimum Gasteiger partial charge on any atom is -0.493 e. The van der Waals surface area contributed by atoms with Gasteiger partial charge in [0.15, 0.2) is 16.3 Å². The summed E-state index contributed by atoms with van der Waals surface area (Å²) in [6, 6.07) is 17.9. The summed E-state index contributed by atoms with van der Waals surface area (Å²) in [5, 5.41) is 11.0. The van der Waals surface area contributed by atoms with Crippen molar-refractivity contribution in [2.75, 3.05) is 13.7 Å². The SMILES string of the molecule is CCOC(=O)C1=C(C)N=c2s/c(=C\c3ccccc3OCc3ccc([N+](=O)[O-])cc3)c(=O)n2[C@@H]1c1ccc(OC(C)C)c(OC)c1. The molecule has 0 radical (unpaired) electrons. The first-order valence-corrected chi connectivity index (χ1v) is 15.4. The van der Waals surface area contributed by atoms with E-state index in [9.17, 15) is 19.7 Å². The van der Waals surface area contributed by atoms with E-state index in [4.69, 9.17) is 18.9 Å². The molecule has 11 nitrogen and oxygen atoms in total. The minimum absolute atomic E-state index is 0.00235. The zero-order valence-corrected chi connectivity index (χ0v) is 26.8. The normalized spacial score (nSPS) is 14.5. The Hall–Kier alpha value is -5.23. The number of non-ortho nitro benzene ring substituents is 1. The Morgan fingerprint density at radius 1 is 1.09 bits per heavy atom. The highest BCUT2D eigenvalue weighted by Crippen LogP contribution is 2.36. The van der Waals surface area contributed by atoms with E-state index in [2.05, 4.69) is 4.99 Å². The number of fused-ring (bicyclic) bond motifs is 1. The molecule has 0 fully saturated rings. The molecule has 0 saturated carbocycles. The van der Waals surface area contributed by atoms with Gasteiger partial charge in [-0.3, -0.25) is 19.5 Å². The number of methoxy groups -OCH3 is 1. The molecule has 5 rings (SSSR count). The Labute approximate surface area is 268 Å². The maximum absolute atomic E-state index is 14.1. The molecular weight excluding hydrogens is 610 g/mol. The number of hydrogen-bond acceptors (Lipinski definition) is 10. The Kier molecular flexibility index (Phi) is 9.67. The summed E-state index contributed by atoms with van der Waals surface area (Å²) in [5.41, 5.74) is 2.40. The van der Waals surface area contributed by atoms with Crippen LogP contribution in [0.3, 0.4) is 0 Å². The molecule has 238 valence electrons. The smallest absolute Gasteiger partial charge is 0.338 e. The number of esters is 1. The lowest BCUT2D eigenvalue weighted by Crippen LogP contribution is -2.40. The molecule has 0 unspecified atom stereocenters. The van der Waals surface area contributed by atoms with Gasteiger partial charge in [0.05, 0.1) is 46.6 Å². The number of aromatic nitrogens is 1. The van der Waals surface area contributed by atoms with E-state index in [0.717, 1.165) is 5.56 Å². The molecule has 46 heavy (non-hydrogen) atoms. The molecule has 2 heterocycles. The van der Waals surface area contributed by atoms with Crippen LogP contribution in [0, 0.1) is 10.1 Å². The predicted molar refractivity (Wildman–Crippen MR) is 173 cm³/mol. The fraction of sp³-hybridized carbons (Fsp3) is 0.265. The van der Waals surface area contributed by atoms with E-state index < -0.39 is 16.9 Å². The van der Waals surface area contributed by atoms with Gasteiger partial charge in [0.25, 0.3) is 11.2 Å². The van der Waals surface area contributed by atoms with Crippen molar-refractivity contribution >= 4 is 29.1 Å². The van der Waals surface area contributed by atoms with Gasteiger partial charge in [-0.05, 0) is 75.2 Å². The molecule has 0 N–H and O–H groups in total. The average Bonchev–Trinajstić information content (AvgIpc) is 3.33. The number of thiazole rings is 1. The third kappa shape index (κ3) is 6.71. The monoisotopic (exact) mass is 643 g/mol. The van der Waals surface area contributed by atoms with Gasteiger partial charge in [-0.25, -0.2) is 9.79 Å². The van der Waals surface area contributed by atoms with Crippen molar-refractivity contribution < 1.29 is 28.7 Å². The zero-order chi connectivity index (χ0) is 33.0. The van der Waals surface area contributed by atoms with E-state index in [1.54, 1.807) is 56.3 Å². The summed E-state index contributed by atoms with van der Waals surface area (Å²) in [7, 11) is 1.53. The second-order valence-corrected chi connectivity index (χ2v) is 11.6. The zero-order valence-electron chi connectivity index (χ0n) is 26.0. The number of para-hydroxylation sites is 1. The van der Waals surface area contributed by atoms with Crippen LogP contribution >= 0.6 is 11.3 Å². The average molecular weight is 644 g/mol. The third-order valence-corrected chi connectivity index (χ3v) is 8.11. The molecule has 0 aliphatic carbocycles. The number of nitro groups is 1. The largest absolute Gasteiger partial charge is 0.493 e. The van der Waals surface area contributed by atoms with Crippen LogP contribution in [0.5, 0.6) is 17.2 Å². The molecule has 0 bridgehead atoms. The summed E-state index contributed by atoms with van der Waals surface area (Å²) in [4.78, 5) is 43.0. The van der Waals surface area contributed by atoms with Crippen molar-refractivity contribution in [2.45, 2.75) is 46.4 Å². The second kappa shape index (κ2) is 13.8. The number of ether oxygens (including phenoxy) is 4. The van der Waals surface area contributed by atoms with Gasteiger partial charge in [0, 0.05) is 17.7 Å². The molecule has 3 aromatic carbocycles. The number of nitrogens with zero attached hydrogens (tertiary/aromatic N) is 3. The van der Waals surface area contributed by atoms with E-state index in [1.807, 2.05) is 32.0 Å². The molecule has 1 atom stereocenters. The lowest BCUT2D eigenvalue weighted by atomic mass is 9.95. The van der Waals surface area contributed by atoms with Gasteiger partial charge in [0.2, 0.25) is 0 Å². The van der Waals surface area contributed by atoms with Gasteiger partial charge < -0.3 is 18.9 Å². The van der Waals surface area contributed by atoms with Crippen molar-refractivity contribution in [1.82, 2.24) is 4.57 Å². The summed E-state index contributed by atoms with van der Waals surface area (Å²) in [5.74, 6) is 0.967. The summed E-state index contributed by atoms with van der Waals surface area (Å²) in [6.45, 7) is 7.61. The lowest BCUT2D eigenvalue weighted by Gasteiger charge is -2.25. The van der Waals surface area contributed by atoms with Gasteiger partial charge in [-0.1, -0.05) is 35.6 Å². The fourth-order valence-corrected chi connectivity index (χ4v) is 6.10. The van der Waals surface area contributed by atoms with Crippen molar-refractivity contribution in [2.24, 2.45) is 4.99 Å². The Bertz CT molecular complexity index is 1990. The van der Waals surface area contributed by atoms with Crippen molar-refractivity contribution in [3.05, 3.63) is 124 Å². The van der Waals surface area contributed by atoms with E-state index >= 15 is 0 Å². The maximum atomic E-state index is 14.1. The molecular formula is C34H33N3O8S. The molecule has 0 saturated heterocycles. The molecule has 4 aromatic rings. The Morgan fingerprint density at radius 3 is 2.50 bits per heavy atom. The van der Waals surface area contributed by atoms with Crippen LogP contribution in [0.1, 0.15) is 50.4 Å². The van der Waals surface area contributed by atoms with Crippen molar-refractivity contribution in [3.8, 4) is 17.2 Å². The maximum Gasteiger partial charge on any atom is 0.338 e. The van der Waals surface area contributed by atoms with Crippen LogP contribution in [-0.4, -0.2) is 35.3 Å². The molecule has 1 aliphatic heterocycles. The number of carbonyl (C=O) groups is 1. The minimum atomic E-state index is -0.826. The van der Waals surface area contributed by atoms with Crippen LogP contribution in [0.25, 0.3) is 6.08 Å². The number of carbonyl (C=O) groups excluding carboxylic acids is 1. The fourth-order valence-electron chi connectivity index (χ4n) is 5.06.